The number of hydrogen-bond donors (Lipinski definition) is 0. The first-order chi connectivity index (χ1) is 16.1. The number of rotatable bonds is 11. The molecule has 1 amide bonds. The first kappa shape index (κ1) is 25.5. The van der Waals surface area contributed by atoms with E-state index in [4.69, 9.17) is 4.74 Å². The van der Waals surface area contributed by atoms with Gasteiger partial charge in [-0.2, -0.15) is 0 Å². The van der Waals surface area contributed by atoms with E-state index in [1.165, 1.54) is 47.6 Å². The summed E-state index contributed by atoms with van der Waals surface area (Å²) in [6.45, 7) is 1.08. The van der Waals surface area contributed by atoms with Crippen molar-refractivity contribution in [2.24, 2.45) is 0 Å². The number of sulfone groups is 1. The van der Waals surface area contributed by atoms with Crippen LogP contribution in [0.4, 0.5) is 10.8 Å². The van der Waals surface area contributed by atoms with Gasteiger partial charge in [-0.3, -0.25) is 19.8 Å². The number of hydrogen-bond acceptors (Lipinski definition) is 9. The maximum absolute atomic E-state index is 13.1. The smallest absolute Gasteiger partial charge is 0.270 e. The van der Waals surface area contributed by atoms with E-state index in [0.717, 1.165) is 6.54 Å². The molecule has 3 aromatic rings. The van der Waals surface area contributed by atoms with E-state index >= 15 is 0 Å². The third kappa shape index (κ3) is 6.27. The van der Waals surface area contributed by atoms with E-state index < -0.39 is 14.8 Å². The Hall–Kier alpha value is -3.09. The summed E-state index contributed by atoms with van der Waals surface area (Å²) in [5.41, 5.74) is 0.487. The predicted octanol–water partition coefficient (Wildman–Crippen LogP) is 3.36. The molecule has 0 aliphatic carbocycles. The largest absolute Gasteiger partial charge is 0.497 e. The number of methoxy groups -OCH3 is 1. The summed E-state index contributed by atoms with van der Waals surface area (Å²) in [6, 6.07) is 10.4. The zero-order valence-electron chi connectivity index (χ0n) is 19.1. The number of amides is 1. The van der Waals surface area contributed by atoms with Crippen LogP contribution in [0.15, 0.2) is 47.4 Å². The van der Waals surface area contributed by atoms with Crippen LogP contribution in [0.5, 0.6) is 5.75 Å². The lowest BCUT2D eigenvalue weighted by molar-refractivity contribution is -0.384. The minimum absolute atomic E-state index is 0.0567. The molecule has 0 aliphatic heterocycles. The number of ether oxygens (including phenoxy) is 1. The molecule has 0 fully saturated rings. The summed E-state index contributed by atoms with van der Waals surface area (Å²) in [7, 11) is 1.66. The van der Waals surface area contributed by atoms with Crippen molar-refractivity contribution in [3.63, 3.8) is 0 Å². The first-order valence-corrected chi connectivity index (χ1v) is 12.9. The van der Waals surface area contributed by atoms with Crippen molar-refractivity contribution in [3.8, 4) is 5.75 Å². The Labute approximate surface area is 201 Å². The molecule has 12 heteroatoms. The van der Waals surface area contributed by atoms with Gasteiger partial charge >= 0.3 is 0 Å². The van der Waals surface area contributed by atoms with Crippen molar-refractivity contribution in [2.45, 2.75) is 17.7 Å². The van der Waals surface area contributed by atoms with Gasteiger partial charge in [-0.05, 0) is 57.4 Å². The summed E-state index contributed by atoms with van der Waals surface area (Å²) in [5.74, 6) is -0.179. The van der Waals surface area contributed by atoms with Crippen molar-refractivity contribution in [1.29, 1.82) is 0 Å². The van der Waals surface area contributed by atoms with Gasteiger partial charge in [-0.1, -0.05) is 11.3 Å². The lowest BCUT2D eigenvalue weighted by Crippen LogP contribution is -2.34. The Kier molecular flexibility index (Phi) is 8.18. The van der Waals surface area contributed by atoms with Crippen LogP contribution >= 0.6 is 11.3 Å². The molecule has 1 heterocycles. The van der Waals surface area contributed by atoms with Gasteiger partial charge in [0.05, 0.1) is 32.9 Å². The molecule has 34 heavy (non-hydrogen) atoms. The van der Waals surface area contributed by atoms with Gasteiger partial charge in [0.25, 0.3) is 5.69 Å². The van der Waals surface area contributed by atoms with Gasteiger partial charge in [0, 0.05) is 25.1 Å². The van der Waals surface area contributed by atoms with E-state index in [-0.39, 0.29) is 28.7 Å². The maximum Gasteiger partial charge on any atom is 0.270 e. The summed E-state index contributed by atoms with van der Waals surface area (Å²) >= 11 is 1.17. The number of nitro benzene ring substituents is 1. The van der Waals surface area contributed by atoms with Crippen LogP contribution in [0.3, 0.4) is 0 Å². The maximum atomic E-state index is 13.1. The van der Waals surface area contributed by atoms with E-state index in [2.05, 4.69) is 4.98 Å². The van der Waals surface area contributed by atoms with E-state index in [9.17, 15) is 23.3 Å². The molecule has 0 saturated carbocycles. The molecule has 2 aromatic carbocycles. The molecule has 0 radical (unpaired) electrons. The zero-order valence-corrected chi connectivity index (χ0v) is 20.8. The van der Waals surface area contributed by atoms with Crippen molar-refractivity contribution in [3.05, 3.63) is 52.6 Å². The second kappa shape index (κ2) is 10.9. The van der Waals surface area contributed by atoms with Gasteiger partial charge in [0.2, 0.25) is 5.91 Å². The molecule has 0 spiro atoms. The van der Waals surface area contributed by atoms with Gasteiger partial charge in [0.1, 0.15) is 5.75 Å². The molecule has 1 aromatic heterocycles. The normalized spacial score (nSPS) is 11.6. The Morgan fingerprint density at radius 3 is 2.47 bits per heavy atom. The van der Waals surface area contributed by atoms with Crippen LogP contribution in [0.1, 0.15) is 12.8 Å². The van der Waals surface area contributed by atoms with E-state index in [1.807, 2.05) is 19.0 Å². The van der Waals surface area contributed by atoms with E-state index in [1.54, 1.807) is 18.2 Å². The third-order valence-electron chi connectivity index (χ3n) is 5.09. The minimum atomic E-state index is -3.67. The van der Waals surface area contributed by atoms with Crippen LogP contribution < -0.4 is 9.64 Å². The highest BCUT2D eigenvalue weighted by molar-refractivity contribution is 7.91. The lowest BCUT2D eigenvalue weighted by Gasteiger charge is -2.21. The first-order valence-electron chi connectivity index (χ1n) is 10.5. The number of anilines is 1. The highest BCUT2D eigenvalue weighted by Crippen LogP contribution is 2.32. The highest BCUT2D eigenvalue weighted by atomic mass is 32.2. The molecule has 0 N–H and O–H groups in total. The molecule has 0 aliphatic rings. The minimum Gasteiger partial charge on any atom is -0.497 e. The Bertz CT molecular complexity index is 1270. The average molecular weight is 507 g/mol. The predicted molar refractivity (Wildman–Crippen MR) is 131 cm³/mol. The molecule has 0 saturated heterocycles. The van der Waals surface area contributed by atoms with Crippen LogP contribution in [0.2, 0.25) is 0 Å². The van der Waals surface area contributed by atoms with Gasteiger partial charge < -0.3 is 9.64 Å². The van der Waals surface area contributed by atoms with Crippen molar-refractivity contribution in [1.82, 2.24) is 9.88 Å². The fraction of sp³-hybridized carbons (Fsp3) is 0.364. The number of nitrogens with zero attached hydrogens (tertiary/aromatic N) is 4. The number of nitro groups is 1. The Morgan fingerprint density at radius 1 is 1.15 bits per heavy atom. The van der Waals surface area contributed by atoms with Crippen molar-refractivity contribution in [2.75, 3.05) is 44.9 Å². The van der Waals surface area contributed by atoms with E-state index in [0.29, 0.717) is 34.1 Å². The van der Waals surface area contributed by atoms with Crippen molar-refractivity contribution >= 4 is 48.1 Å². The van der Waals surface area contributed by atoms with Crippen LogP contribution in [0, 0.1) is 10.1 Å². The zero-order chi connectivity index (χ0) is 24.9. The lowest BCUT2D eigenvalue weighted by atomic mass is 10.3. The highest BCUT2D eigenvalue weighted by Gasteiger charge is 2.23. The summed E-state index contributed by atoms with van der Waals surface area (Å²) in [6.07, 6.45) is 0.437. The summed E-state index contributed by atoms with van der Waals surface area (Å²) < 4.78 is 31.1. The number of non-ortho nitro benzene ring substituents is 1. The Morgan fingerprint density at radius 2 is 1.85 bits per heavy atom. The van der Waals surface area contributed by atoms with Gasteiger partial charge in [-0.15, -0.1) is 0 Å². The molecule has 10 nitrogen and oxygen atoms in total. The molecule has 0 unspecified atom stereocenters. The monoisotopic (exact) mass is 506 g/mol. The molecule has 182 valence electrons. The SMILES string of the molecule is COc1ccc(S(=O)(=O)CCC(=O)N(CCCN(C)C)c2nc3ccc([N+](=O)[O-])cc3s2)cc1. The van der Waals surface area contributed by atoms with Crippen molar-refractivity contribution < 1.29 is 22.9 Å². The second-order valence-electron chi connectivity index (χ2n) is 7.85. The fourth-order valence-electron chi connectivity index (χ4n) is 3.26. The molecule has 3 rings (SSSR count). The molecular formula is C22H26N4O6S2. The quantitative estimate of drug-likeness (QED) is 0.287. The summed E-state index contributed by atoms with van der Waals surface area (Å²) in [5, 5.41) is 11.5. The molecular weight excluding hydrogens is 480 g/mol. The second-order valence-corrected chi connectivity index (χ2v) is 11.0. The average Bonchev–Trinajstić information content (AvgIpc) is 3.23. The Balaban J connectivity index is 1.81. The number of fused-ring (bicyclic) bond motifs is 1. The number of carbonyl (C=O) groups is 1. The van der Waals surface area contributed by atoms with Crippen LogP contribution in [-0.4, -0.2) is 69.2 Å². The summed E-state index contributed by atoms with van der Waals surface area (Å²) in [4.78, 5) is 31.8. The van der Waals surface area contributed by atoms with Crippen LogP contribution in [0.25, 0.3) is 10.2 Å². The number of aromatic nitrogens is 1. The topological polar surface area (TPSA) is 123 Å². The van der Waals surface area contributed by atoms with Gasteiger partial charge in [0.15, 0.2) is 15.0 Å². The number of carbonyl (C=O) groups excluding carboxylic acids is 1. The van der Waals surface area contributed by atoms with Crippen LogP contribution in [-0.2, 0) is 14.6 Å². The number of benzene rings is 2. The third-order valence-corrected chi connectivity index (χ3v) is 7.87. The van der Waals surface area contributed by atoms with Gasteiger partial charge in [-0.25, -0.2) is 13.4 Å². The molecule has 0 atom stereocenters. The molecule has 0 bridgehead atoms. The fourth-order valence-corrected chi connectivity index (χ4v) is 5.53. The number of thiazole rings is 1. The standard InChI is InChI=1S/C22H26N4O6S2/c1-24(2)12-4-13-25(22-23-19-10-5-16(26(28)29)15-20(19)33-22)21(27)11-14-34(30,31)18-8-6-17(32-3)7-9-18/h5-10,15H,4,11-14H2,1-3H3.